The number of carbonyl (C=O) groups is 1. The number of β-amino-alcohol motifs (C(OH)–C–C–N with tert-alkyl or cyclic N) is 1. The molecule has 0 radical (unpaired) electrons. The molecule has 6 heteroatoms. The Morgan fingerprint density at radius 3 is 2.81 bits per heavy atom. The highest BCUT2D eigenvalue weighted by Crippen LogP contribution is 2.39. The third kappa shape index (κ3) is 2.93. The smallest absolute Gasteiger partial charge is 0.276 e. The number of aliphatic hydroxyl groups excluding tert-OH is 1. The summed E-state index contributed by atoms with van der Waals surface area (Å²) in [6.07, 6.45) is 3.58. The van der Waals surface area contributed by atoms with Gasteiger partial charge in [0.1, 0.15) is 5.76 Å². The van der Waals surface area contributed by atoms with E-state index in [9.17, 15) is 9.90 Å². The van der Waals surface area contributed by atoms with E-state index in [1.807, 2.05) is 6.07 Å². The largest absolute Gasteiger partial charge is 0.448 e. The van der Waals surface area contributed by atoms with Crippen LogP contribution in [0.15, 0.2) is 41.1 Å². The van der Waals surface area contributed by atoms with E-state index in [0.29, 0.717) is 24.5 Å². The van der Waals surface area contributed by atoms with Crippen molar-refractivity contribution in [2.45, 2.75) is 44.4 Å². The maximum Gasteiger partial charge on any atom is 0.276 e. The van der Waals surface area contributed by atoms with Gasteiger partial charge >= 0.3 is 0 Å². The fraction of sp³-hybridized carbons (Fsp3) is 0.500. The summed E-state index contributed by atoms with van der Waals surface area (Å²) >= 11 is 0. The van der Waals surface area contributed by atoms with Gasteiger partial charge in [0.15, 0.2) is 12.1 Å². The van der Waals surface area contributed by atoms with E-state index in [1.165, 1.54) is 12.0 Å². The molecule has 0 unspecified atom stereocenters. The monoisotopic (exact) mass is 355 g/mol. The molecule has 0 saturated carbocycles. The Balaban J connectivity index is 1.49. The Bertz CT molecular complexity index is 776. The number of aryl methyl sites for hydroxylation is 1. The maximum absolute atomic E-state index is 12.7. The van der Waals surface area contributed by atoms with Crippen molar-refractivity contribution in [1.29, 1.82) is 0 Å². The Kier molecular flexibility index (Phi) is 4.54. The summed E-state index contributed by atoms with van der Waals surface area (Å²) < 4.78 is 5.15. The van der Waals surface area contributed by atoms with Gasteiger partial charge in [-0.2, -0.15) is 0 Å². The lowest BCUT2D eigenvalue weighted by atomic mass is 9.82. The van der Waals surface area contributed by atoms with Crippen molar-refractivity contribution in [2.24, 2.45) is 0 Å². The summed E-state index contributed by atoms with van der Waals surface area (Å²) in [5.41, 5.74) is 1.38. The van der Waals surface area contributed by atoms with Crippen molar-refractivity contribution in [2.75, 3.05) is 19.6 Å². The first-order valence-corrected chi connectivity index (χ1v) is 9.26. The normalized spacial score (nSPS) is 26.5. The second-order valence-corrected chi connectivity index (χ2v) is 7.39. The summed E-state index contributed by atoms with van der Waals surface area (Å²) in [4.78, 5) is 20.8. The minimum Gasteiger partial charge on any atom is -0.448 e. The number of rotatable bonds is 3. The van der Waals surface area contributed by atoms with Crippen LogP contribution in [0.2, 0.25) is 0 Å². The van der Waals surface area contributed by atoms with Crippen molar-refractivity contribution in [1.82, 2.24) is 14.8 Å². The molecule has 1 spiro atoms. The number of nitrogens with zero attached hydrogens (tertiary/aromatic N) is 3. The molecule has 2 atom stereocenters. The molecule has 1 amide bonds. The third-order valence-corrected chi connectivity index (χ3v) is 5.95. The topological polar surface area (TPSA) is 69.8 Å². The number of hydrogen-bond acceptors (Lipinski definition) is 5. The lowest BCUT2D eigenvalue weighted by Gasteiger charge is -2.48. The van der Waals surface area contributed by atoms with Crippen LogP contribution >= 0.6 is 0 Å². The number of benzene rings is 1. The molecule has 138 valence electrons. The molecule has 0 aliphatic carbocycles. The van der Waals surface area contributed by atoms with Gasteiger partial charge in [0.2, 0.25) is 0 Å². The standard InChI is InChI=1S/C20H25N3O3/c1-15-18(21-14-26-15)19(25)22-11-9-20(17(24)13-22)8-5-10-23(20)12-16-6-3-2-4-7-16/h2-4,6-7,14,17,24H,5,8-13H2,1H3/t17-,20-/m0/s1. The molecule has 2 fully saturated rings. The molecule has 26 heavy (non-hydrogen) atoms. The lowest BCUT2D eigenvalue weighted by Crippen LogP contribution is -2.62. The number of oxazole rings is 1. The van der Waals surface area contributed by atoms with Gasteiger partial charge in [0.05, 0.1) is 11.6 Å². The van der Waals surface area contributed by atoms with E-state index in [0.717, 1.165) is 32.4 Å². The summed E-state index contributed by atoms with van der Waals surface area (Å²) in [7, 11) is 0. The van der Waals surface area contributed by atoms with Crippen molar-refractivity contribution < 1.29 is 14.3 Å². The van der Waals surface area contributed by atoms with Gasteiger partial charge in [-0.3, -0.25) is 9.69 Å². The molecule has 1 aromatic heterocycles. The van der Waals surface area contributed by atoms with Gasteiger partial charge in [-0.15, -0.1) is 0 Å². The zero-order valence-electron chi connectivity index (χ0n) is 15.1. The zero-order valence-corrected chi connectivity index (χ0v) is 15.1. The van der Waals surface area contributed by atoms with Crippen LogP contribution in [0.5, 0.6) is 0 Å². The molecule has 2 aliphatic rings. The molecule has 2 aromatic rings. The second kappa shape index (κ2) is 6.85. The van der Waals surface area contributed by atoms with Crippen LogP contribution in [-0.4, -0.2) is 57.1 Å². The first-order valence-electron chi connectivity index (χ1n) is 9.26. The van der Waals surface area contributed by atoms with Gasteiger partial charge < -0.3 is 14.4 Å². The number of aromatic nitrogens is 1. The molecular weight excluding hydrogens is 330 g/mol. The molecule has 4 rings (SSSR count). The second-order valence-electron chi connectivity index (χ2n) is 7.39. The molecule has 2 saturated heterocycles. The van der Waals surface area contributed by atoms with Crippen molar-refractivity contribution in [3.8, 4) is 0 Å². The fourth-order valence-corrected chi connectivity index (χ4v) is 4.47. The minimum atomic E-state index is -0.557. The first kappa shape index (κ1) is 17.2. The Morgan fingerprint density at radius 1 is 1.31 bits per heavy atom. The summed E-state index contributed by atoms with van der Waals surface area (Å²) in [6.45, 7) is 4.54. The van der Waals surface area contributed by atoms with E-state index >= 15 is 0 Å². The Morgan fingerprint density at radius 2 is 2.12 bits per heavy atom. The third-order valence-electron chi connectivity index (χ3n) is 5.95. The molecule has 6 nitrogen and oxygen atoms in total. The molecular formula is C20H25N3O3. The predicted octanol–water partition coefficient (Wildman–Crippen LogP) is 2.22. The average molecular weight is 355 g/mol. The molecule has 1 aromatic carbocycles. The quantitative estimate of drug-likeness (QED) is 0.914. The molecule has 3 heterocycles. The van der Waals surface area contributed by atoms with Crippen molar-refractivity contribution >= 4 is 5.91 Å². The summed E-state index contributed by atoms with van der Waals surface area (Å²) in [5.74, 6) is 0.370. The lowest BCUT2D eigenvalue weighted by molar-refractivity contribution is -0.0597. The van der Waals surface area contributed by atoms with Crippen LogP contribution in [-0.2, 0) is 6.54 Å². The number of hydrogen-bond donors (Lipinski definition) is 1. The summed E-state index contributed by atoms with van der Waals surface area (Å²) in [6, 6.07) is 10.4. The number of carbonyl (C=O) groups excluding carboxylic acids is 1. The highest BCUT2D eigenvalue weighted by atomic mass is 16.3. The van der Waals surface area contributed by atoms with E-state index in [1.54, 1.807) is 11.8 Å². The summed E-state index contributed by atoms with van der Waals surface area (Å²) in [5, 5.41) is 11.0. The van der Waals surface area contributed by atoms with Crippen LogP contribution in [0.1, 0.15) is 41.1 Å². The van der Waals surface area contributed by atoms with Gasteiger partial charge in [-0.05, 0) is 38.3 Å². The van der Waals surface area contributed by atoms with Gasteiger partial charge in [-0.25, -0.2) is 4.98 Å². The minimum absolute atomic E-state index is 0.155. The van der Waals surface area contributed by atoms with E-state index in [4.69, 9.17) is 4.42 Å². The fourth-order valence-electron chi connectivity index (χ4n) is 4.47. The SMILES string of the molecule is Cc1ocnc1C(=O)N1CC[C@@]2(CCCN2Cc2ccccc2)[C@@H](O)C1. The van der Waals surface area contributed by atoms with Crippen LogP contribution in [0.25, 0.3) is 0 Å². The molecule has 0 bridgehead atoms. The van der Waals surface area contributed by atoms with Crippen LogP contribution < -0.4 is 0 Å². The van der Waals surface area contributed by atoms with E-state index in [2.05, 4.69) is 34.1 Å². The van der Waals surface area contributed by atoms with Crippen molar-refractivity contribution in [3.63, 3.8) is 0 Å². The highest BCUT2D eigenvalue weighted by molar-refractivity contribution is 5.93. The van der Waals surface area contributed by atoms with Crippen LogP contribution in [0, 0.1) is 6.92 Å². The van der Waals surface area contributed by atoms with E-state index in [-0.39, 0.29) is 11.4 Å². The number of likely N-dealkylation sites (tertiary alicyclic amines) is 2. The zero-order chi connectivity index (χ0) is 18.1. The van der Waals surface area contributed by atoms with E-state index < -0.39 is 6.10 Å². The number of amides is 1. The predicted molar refractivity (Wildman–Crippen MR) is 96.6 cm³/mol. The highest BCUT2D eigenvalue weighted by Gasteiger charge is 2.50. The van der Waals surface area contributed by atoms with Crippen molar-refractivity contribution in [3.05, 3.63) is 53.7 Å². The molecule has 2 aliphatic heterocycles. The first-order chi connectivity index (χ1) is 12.6. The van der Waals surface area contributed by atoms with Crippen LogP contribution in [0.4, 0.5) is 0 Å². The van der Waals surface area contributed by atoms with Gasteiger partial charge in [0, 0.05) is 19.6 Å². The Hall–Kier alpha value is -2.18. The van der Waals surface area contributed by atoms with Gasteiger partial charge in [0.25, 0.3) is 5.91 Å². The number of aliphatic hydroxyl groups is 1. The van der Waals surface area contributed by atoms with Crippen LogP contribution in [0.3, 0.4) is 0 Å². The Labute approximate surface area is 153 Å². The maximum atomic E-state index is 12.7. The molecule has 1 N–H and O–H groups in total. The van der Waals surface area contributed by atoms with Gasteiger partial charge in [-0.1, -0.05) is 30.3 Å². The number of piperidine rings is 1. The average Bonchev–Trinajstić information content (AvgIpc) is 3.25.